The van der Waals surface area contributed by atoms with Gasteiger partial charge in [0.15, 0.2) is 5.78 Å². The monoisotopic (exact) mass is 318 g/mol. The number of H-pyrrole nitrogens is 1. The number of fused-ring (bicyclic) bond motifs is 5. The molecule has 3 nitrogen and oxygen atoms in total. The molecule has 0 saturated heterocycles. The molecule has 0 amide bonds. The summed E-state index contributed by atoms with van der Waals surface area (Å²) in [6, 6.07) is 3.48. The molecule has 2 atom stereocenters. The van der Waals surface area contributed by atoms with Gasteiger partial charge in [0.1, 0.15) is 5.57 Å². The Labute approximate surface area is 129 Å². The number of Topliss-reactive ketones (excluding diaryl/α,β-unsaturated/α-hetero) is 1. The van der Waals surface area contributed by atoms with Crippen molar-refractivity contribution in [2.45, 2.75) is 31.9 Å². The van der Waals surface area contributed by atoms with E-state index in [4.69, 9.17) is 0 Å². The second-order valence-corrected chi connectivity index (χ2v) is 6.90. The lowest BCUT2D eigenvalue weighted by Gasteiger charge is -2.33. The van der Waals surface area contributed by atoms with E-state index in [2.05, 4.69) is 9.97 Å². The molecule has 0 radical (unpaired) electrons. The van der Waals surface area contributed by atoms with E-state index in [1.54, 1.807) is 18.5 Å². The zero-order valence-electron chi connectivity index (χ0n) is 12.1. The van der Waals surface area contributed by atoms with Crippen LogP contribution in [0.25, 0.3) is 16.6 Å². The number of carbonyl (C=O) groups excluding carboxylic acids is 1. The number of hydrogen-bond acceptors (Lipinski definition) is 2. The number of benzene rings is 1. The first-order valence-electron chi connectivity index (χ1n) is 7.72. The van der Waals surface area contributed by atoms with Crippen LogP contribution in [0.1, 0.15) is 30.4 Å². The summed E-state index contributed by atoms with van der Waals surface area (Å²) in [4.78, 5) is 19.7. The van der Waals surface area contributed by atoms with Crippen LogP contribution in [0.2, 0.25) is 0 Å². The Morgan fingerprint density at radius 3 is 2.91 bits per heavy atom. The summed E-state index contributed by atoms with van der Waals surface area (Å²) in [6.45, 7) is 0. The summed E-state index contributed by atoms with van der Waals surface area (Å²) < 4.78 is 40.9. The van der Waals surface area contributed by atoms with E-state index in [1.165, 1.54) is 0 Å². The molecule has 1 fully saturated rings. The van der Waals surface area contributed by atoms with E-state index in [9.17, 15) is 18.0 Å². The van der Waals surface area contributed by atoms with Gasteiger partial charge in [0.2, 0.25) is 0 Å². The number of rotatable bonds is 0. The quantitative estimate of drug-likeness (QED) is 0.803. The molecule has 1 aromatic heterocycles. The molecule has 23 heavy (non-hydrogen) atoms. The van der Waals surface area contributed by atoms with E-state index >= 15 is 0 Å². The maximum absolute atomic E-state index is 13.6. The molecule has 1 unspecified atom stereocenters. The lowest BCUT2D eigenvalue weighted by Crippen LogP contribution is -2.34. The van der Waals surface area contributed by atoms with Crippen molar-refractivity contribution in [3.8, 4) is 0 Å². The van der Waals surface area contributed by atoms with E-state index in [-0.39, 0.29) is 5.57 Å². The molecular formula is C17H13F3N2O. The maximum Gasteiger partial charge on any atom is 0.420 e. The summed E-state index contributed by atoms with van der Waals surface area (Å²) in [7, 11) is 0. The minimum Gasteiger partial charge on any atom is -0.345 e. The number of nitrogens with zero attached hydrogens (tertiary/aromatic N) is 1. The van der Waals surface area contributed by atoms with Crippen molar-refractivity contribution in [1.29, 1.82) is 0 Å². The number of imidazole rings is 1. The second-order valence-electron chi connectivity index (χ2n) is 6.90. The van der Waals surface area contributed by atoms with Crippen molar-refractivity contribution in [3.05, 3.63) is 35.2 Å². The molecule has 5 rings (SSSR count). The minimum absolute atomic E-state index is 0.239. The largest absolute Gasteiger partial charge is 0.420 e. The van der Waals surface area contributed by atoms with Gasteiger partial charge in [-0.3, -0.25) is 4.79 Å². The number of carbonyl (C=O) groups is 1. The number of halogens is 3. The van der Waals surface area contributed by atoms with E-state index in [1.807, 2.05) is 0 Å². The van der Waals surface area contributed by atoms with Crippen LogP contribution in [0.15, 0.2) is 24.0 Å². The first-order valence-corrected chi connectivity index (χ1v) is 7.72. The van der Waals surface area contributed by atoms with Crippen molar-refractivity contribution in [3.63, 3.8) is 0 Å². The third kappa shape index (κ3) is 1.51. The van der Waals surface area contributed by atoms with Gasteiger partial charge >= 0.3 is 6.18 Å². The first kappa shape index (κ1) is 13.3. The summed E-state index contributed by atoms with van der Waals surface area (Å²) >= 11 is 0. The fraction of sp³-hybridized carbons (Fsp3) is 0.412. The molecule has 2 aromatic rings. The Hall–Kier alpha value is -2.11. The van der Waals surface area contributed by atoms with Crippen LogP contribution in [0, 0.1) is 11.3 Å². The normalized spacial score (nSPS) is 29.3. The molecule has 1 heterocycles. The Morgan fingerprint density at radius 2 is 2.13 bits per heavy atom. The first-order chi connectivity index (χ1) is 10.9. The van der Waals surface area contributed by atoms with E-state index in [0.29, 0.717) is 31.2 Å². The number of hydrogen-bond donors (Lipinski definition) is 1. The SMILES string of the molecule is O=C1C(C(F)(F)F)=C2c3ccc4[nH]cnc4c3CC23CC[C@@H]1C3. The number of alkyl halides is 3. The van der Waals surface area contributed by atoms with Crippen LogP contribution in [0.3, 0.4) is 0 Å². The third-order valence-corrected chi connectivity index (χ3v) is 5.77. The molecule has 2 bridgehead atoms. The lowest BCUT2D eigenvalue weighted by molar-refractivity contribution is -0.132. The molecule has 0 aliphatic heterocycles. The standard InChI is InChI=1S/C17H13F3N2O/c18-17(19,20)13-12-9-1-2-11-14(22-7-21-11)10(9)6-16(12)4-3-8(5-16)15(13)23/h1-2,7-8H,3-6H2,(H,21,22)/t8-,16?/m1/s1. The zero-order valence-corrected chi connectivity index (χ0v) is 12.1. The summed E-state index contributed by atoms with van der Waals surface area (Å²) in [5.41, 5.74) is 1.80. The number of allylic oxidation sites excluding steroid dienone is 2. The molecular weight excluding hydrogens is 305 g/mol. The summed E-state index contributed by atoms with van der Waals surface area (Å²) in [5, 5.41) is 0. The summed E-state index contributed by atoms with van der Waals surface area (Å²) in [5.74, 6) is -1.19. The highest BCUT2D eigenvalue weighted by Gasteiger charge is 2.59. The molecule has 1 saturated carbocycles. The Bertz CT molecular complexity index is 908. The van der Waals surface area contributed by atoms with Crippen molar-refractivity contribution in [1.82, 2.24) is 9.97 Å². The Morgan fingerprint density at radius 1 is 1.30 bits per heavy atom. The van der Waals surface area contributed by atoms with Crippen molar-refractivity contribution in [2.24, 2.45) is 11.3 Å². The molecule has 1 spiro atoms. The third-order valence-electron chi connectivity index (χ3n) is 5.77. The number of ketones is 1. The summed E-state index contributed by atoms with van der Waals surface area (Å²) in [6.07, 6.45) is -0.724. The predicted octanol–water partition coefficient (Wildman–Crippen LogP) is 3.80. The molecule has 1 aromatic carbocycles. The molecule has 118 valence electrons. The van der Waals surface area contributed by atoms with Crippen LogP contribution in [-0.4, -0.2) is 21.9 Å². The average molecular weight is 318 g/mol. The fourth-order valence-electron chi connectivity index (χ4n) is 4.94. The molecule has 3 aliphatic rings. The maximum atomic E-state index is 13.6. The number of aromatic amines is 1. The van der Waals surface area contributed by atoms with Crippen LogP contribution in [0.5, 0.6) is 0 Å². The van der Waals surface area contributed by atoms with Gasteiger partial charge in [-0.05, 0) is 48.4 Å². The van der Waals surface area contributed by atoms with Crippen LogP contribution in [0.4, 0.5) is 13.2 Å². The van der Waals surface area contributed by atoms with Gasteiger partial charge < -0.3 is 4.98 Å². The fourth-order valence-corrected chi connectivity index (χ4v) is 4.94. The van der Waals surface area contributed by atoms with Crippen LogP contribution >= 0.6 is 0 Å². The highest BCUT2D eigenvalue weighted by Crippen LogP contribution is 2.64. The zero-order chi connectivity index (χ0) is 16.0. The van der Waals surface area contributed by atoms with Crippen LogP contribution < -0.4 is 0 Å². The molecule has 6 heteroatoms. The second kappa shape index (κ2) is 3.86. The molecule has 1 N–H and O–H groups in total. The number of aromatic nitrogens is 2. The Kier molecular flexibility index (Phi) is 2.24. The highest BCUT2D eigenvalue weighted by atomic mass is 19.4. The Balaban J connectivity index is 1.89. The van der Waals surface area contributed by atoms with Gasteiger partial charge in [-0.2, -0.15) is 13.2 Å². The highest BCUT2D eigenvalue weighted by molar-refractivity contribution is 6.10. The van der Waals surface area contributed by atoms with E-state index in [0.717, 1.165) is 16.6 Å². The minimum atomic E-state index is -4.59. The van der Waals surface area contributed by atoms with Gasteiger partial charge in [-0.25, -0.2) is 4.98 Å². The van der Waals surface area contributed by atoms with Crippen molar-refractivity contribution < 1.29 is 18.0 Å². The lowest BCUT2D eigenvalue weighted by atomic mass is 9.71. The van der Waals surface area contributed by atoms with Gasteiger partial charge in [-0.15, -0.1) is 0 Å². The topological polar surface area (TPSA) is 45.8 Å². The average Bonchev–Trinajstić information content (AvgIpc) is 3.15. The van der Waals surface area contributed by atoms with Crippen molar-refractivity contribution >= 4 is 22.4 Å². The van der Waals surface area contributed by atoms with Crippen LogP contribution in [-0.2, 0) is 11.2 Å². The predicted molar refractivity (Wildman–Crippen MR) is 77.6 cm³/mol. The van der Waals surface area contributed by atoms with E-state index < -0.39 is 28.9 Å². The van der Waals surface area contributed by atoms with Gasteiger partial charge in [0.25, 0.3) is 0 Å². The van der Waals surface area contributed by atoms with Gasteiger partial charge in [-0.1, -0.05) is 6.07 Å². The van der Waals surface area contributed by atoms with Gasteiger partial charge in [0, 0.05) is 11.3 Å². The molecule has 3 aliphatic carbocycles. The smallest absolute Gasteiger partial charge is 0.345 e. The van der Waals surface area contributed by atoms with Crippen molar-refractivity contribution in [2.75, 3.05) is 0 Å². The van der Waals surface area contributed by atoms with Gasteiger partial charge in [0.05, 0.1) is 17.4 Å². The number of nitrogens with one attached hydrogen (secondary N) is 1.